The number of hydrogen-bond donors (Lipinski definition) is 3. The molecule has 0 heterocycles. The van der Waals surface area contributed by atoms with E-state index in [4.69, 9.17) is 11.5 Å². The predicted molar refractivity (Wildman–Crippen MR) is 50.2 cm³/mol. The van der Waals surface area contributed by atoms with Crippen LogP contribution in [0.5, 0.6) is 0 Å². The normalized spacial score (nSPS) is 28.3. The molecule has 1 amide bonds. The highest BCUT2D eigenvalue weighted by atomic mass is 32.1. The monoisotopic (exact) mass is 187 g/mol. The highest BCUT2D eigenvalue weighted by molar-refractivity contribution is 7.80. The van der Waals surface area contributed by atoms with Crippen LogP contribution in [-0.4, -0.2) is 17.1 Å². The largest absolute Gasteiger partial charge is 0.376 e. The Morgan fingerprint density at radius 3 is 2.58 bits per heavy atom. The first-order valence-corrected chi connectivity index (χ1v) is 4.37. The molecule has 0 aromatic carbocycles. The summed E-state index contributed by atoms with van der Waals surface area (Å²) in [5.74, 6) is -0.368. The number of hydrogen-bond acceptors (Lipinski definition) is 2. The third-order valence-corrected chi connectivity index (χ3v) is 2.33. The van der Waals surface area contributed by atoms with Crippen LogP contribution in [0.4, 0.5) is 0 Å². The zero-order valence-electron chi connectivity index (χ0n) is 6.75. The SMILES string of the molecule is NC(=O)[C@@H]1CCC[C@H]1NC(N)=S. The fourth-order valence-corrected chi connectivity index (χ4v) is 1.81. The second-order valence-corrected chi connectivity index (χ2v) is 3.49. The standard InChI is InChI=1S/C7H13N3OS/c8-6(11)4-2-1-3-5(4)10-7(9)12/h4-5H,1-3H2,(H2,8,11)(H3,9,10,12)/t4-,5-/m1/s1. The van der Waals surface area contributed by atoms with Gasteiger partial charge in [0, 0.05) is 6.04 Å². The maximum absolute atomic E-state index is 10.9. The summed E-state index contributed by atoms with van der Waals surface area (Å²) in [6, 6.07) is 0.0556. The van der Waals surface area contributed by atoms with Crippen LogP contribution >= 0.6 is 12.2 Å². The molecule has 0 aliphatic heterocycles. The van der Waals surface area contributed by atoms with Crippen LogP contribution in [0, 0.1) is 5.92 Å². The van der Waals surface area contributed by atoms with E-state index in [2.05, 4.69) is 17.5 Å². The highest BCUT2D eigenvalue weighted by Crippen LogP contribution is 2.24. The molecule has 0 aromatic rings. The van der Waals surface area contributed by atoms with Gasteiger partial charge in [-0.05, 0) is 25.1 Å². The first-order chi connectivity index (χ1) is 5.61. The summed E-state index contributed by atoms with van der Waals surface area (Å²) >= 11 is 4.69. The first-order valence-electron chi connectivity index (χ1n) is 3.96. The summed E-state index contributed by atoms with van der Waals surface area (Å²) in [6.07, 6.45) is 2.77. The molecule has 0 spiro atoms. The predicted octanol–water partition coefficient (Wildman–Crippen LogP) is -0.526. The van der Waals surface area contributed by atoms with Crippen molar-refractivity contribution in [3.05, 3.63) is 0 Å². The van der Waals surface area contributed by atoms with Crippen molar-refractivity contribution in [1.29, 1.82) is 0 Å². The molecule has 2 atom stereocenters. The molecular weight excluding hydrogens is 174 g/mol. The first kappa shape index (κ1) is 9.25. The Morgan fingerprint density at radius 1 is 1.42 bits per heavy atom. The number of amides is 1. The van der Waals surface area contributed by atoms with Crippen molar-refractivity contribution in [2.45, 2.75) is 25.3 Å². The van der Waals surface area contributed by atoms with Gasteiger partial charge in [0.05, 0.1) is 5.92 Å². The van der Waals surface area contributed by atoms with Gasteiger partial charge in [0.2, 0.25) is 5.91 Å². The topological polar surface area (TPSA) is 81.1 Å². The lowest BCUT2D eigenvalue weighted by Gasteiger charge is -2.17. The molecule has 4 nitrogen and oxygen atoms in total. The zero-order valence-corrected chi connectivity index (χ0v) is 7.56. The second-order valence-electron chi connectivity index (χ2n) is 3.05. The molecule has 1 rings (SSSR count). The summed E-state index contributed by atoms with van der Waals surface area (Å²) in [7, 11) is 0. The van der Waals surface area contributed by atoms with Gasteiger partial charge in [-0.3, -0.25) is 4.79 Å². The van der Waals surface area contributed by atoms with Gasteiger partial charge in [-0.15, -0.1) is 0 Å². The Balaban J connectivity index is 2.52. The van der Waals surface area contributed by atoms with Gasteiger partial charge in [0.1, 0.15) is 0 Å². The highest BCUT2D eigenvalue weighted by Gasteiger charge is 2.31. The van der Waals surface area contributed by atoms with Gasteiger partial charge < -0.3 is 16.8 Å². The second kappa shape index (κ2) is 3.71. The fraction of sp³-hybridized carbons (Fsp3) is 0.714. The fourth-order valence-electron chi connectivity index (χ4n) is 1.66. The Kier molecular flexibility index (Phi) is 2.86. The van der Waals surface area contributed by atoms with Crippen molar-refractivity contribution in [3.63, 3.8) is 0 Å². The molecule has 0 saturated heterocycles. The molecule has 1 fully saturated rings. The molecular formula is C7H13N3OS. The molecule has 68 valence electrons. The number of carbonyl (C=O) groups excluding carboxylic acids is 1. The van der Waals surface area contributed by atoms with Crippen LogP contribution in [0.15, 0.2) is 0 Å². The van der Waals surface area contributed by atoms with E-state index in [1.165, 1.54) is 0 Å². The Bertz CT molecular complexity index is 207. The van der Waals surface area contributed by atoms with Crippen molar-refractivity contribution >= 4 is 23.2 Å². The molecule has 1 aliphatic rings. The van der Waals surface area contributed by atoms with Crippen molar-refractivity contribution in [2.75, 3.05) is 0 Å². The maximum atomic E-state index is 10.9. The van der Waals surface area contributed by atoms with Gasteiger partial charge in [-0.2, -0.15) is 0 Å². The molecule has 0 bridgehead atoms. The van der Waals surface area contributed by atoms with Crippen LogP contribution in [0.1, 0.15) is 19.3 Å². The maximum Gasteiger partial charge on any atom is 0.222 e. The van der Waals surface area contributed by atoms with Crippen LogP contribution in [0.25, 0.3) is 0 Å². The summed E-state index contributed by atoms with van der Waals surface area (Å²) in [6.45, 7) is 0. The van der Waals surface area contributed by atoms with Gasteiger partial charge in [-0.1, -0.05) is 6.42 Å². The minimum atomic E-state index is -0.263. The van der Waals surface area contributed by atoms with E-state index in [9.17, 15) is 4.79 Å². The van der Waals surface area contributed by atoms with E-state index in [1.54, 1.807) is 0 Å². The van der Waals surface area contributed by atoms with E-state index in [1.807, 2.05) is 0 Å². The van der Waals surface area contributed by atoms with E-state index in [-0.39, 0.29) is 23.0 Å². The van der Waals surface area contributed by atoms with E-state index in [0.717, 1.165) is 19.3 Å². The number of primary amides is 1. The lowest BCUT2D eigenvalue weighted by molar-refractivity contribution is -0.122. The lowest BCUT2D eigenvalue weighted by Crippen LogP contribution is -2.44. The molecule has 1 aliphatic carbocycles. The van der Waals surface area contributed by atoms with Gasteiger partial charge in [0.15, 0.2) is 5.11 Å². The lowest BCUT2D eigenvalue weighted by atomic mass is 10.0. The van der Waals surface area contributed by atoms with Gasteiger partial charge in [-0.25, -0.2) is 0 Å². The molecule has 0 unspecified atom stereocenters. The summed E-state index contributed by atoms with van der Waals surface area (Å²) in [4.78, 5) is 10.9. The van der Waals surface area contributed by atoms with Crippen molar-refractivity contribution < 1.29 is 4.79 Å². The molecule has 0 aromatic heterocycles. The third-order valence-electron chi connectivity index (χ3n) is 2.21. The summed E-state index contributed by atoms with van der Waals surface area (Å²) < 4.78 is 0. The van der Waals surface area contributed by atoms with E-state index < -0.39 is 0 Å². The number of rotatable bonds is 2. The number of nitrogens with two attached hydrogens (primary N) is 2. The molecule has 1 saturated carbocycles. The number of thiocarbonyl (C=S) groups is 1. The van der Waals surface area contributed by atoms with Crippen molar-refractivity contribution in [3.8, 4) is 0 Å². The Hall–Kier alpha value is -0.840. The number of carbonyl (C=O) groups is 1. The molecule has 12 heavy (non-hydrogen) atoms. The van der Waals surface area contributed by atoms with Crippen LogP contribution < -0.4 is 16.8 Å². The average Bonchev–Trinajstić information content (AvgIpc) is 2.33. The smallest absolute Gasteiger partial charge is 0.222 e. The van der Waals surface area contributed by atoms with Crippen LogP contribution in [0.2, 0.25) is 0 Å². The molecule has 5 N–H and O–H groups in total. The number of nitrogens with one attached hydrogen (secondary N) is 1. The summed E-state index contributed by atoms with van der Waals surface area (Å²) in [5, 5.41) is 3.13. The Morgan fingerprint density at radius 2 is 2.08 bits per heavy atom. The van der Waals surface area contributed by atoms with Crippen LogP contribution in [0.3, 0.4) is 0 Å². The molecule has 5 heteroatoms. The zero-order chi connectivity index (χ0) is 9.14. The van der Waals surface area contributed by atoms with Crippen molar-refractivity contribution in [1.82, 2.24) is 5.32 Å². The summed E-state index contributed by atoms with van der Waals surface area (Å²) in [5.41, 5.74) is 10.5. The Labute approximate surface area is 76.7 Å². The minimum absolute atomic E-state index is 0.0556. The third kappa shape index (κ3) is 2.07. The minimum Gasteiger partial charge on any atom is -0.376 e. The van der Waals surface area contributed by atoms with E-state index in [0.29, 0.717) is 0 Å². The van der Waals surface area contributed by atoms with Crippen molar-refractivity contribution in [2.24, 2.45) is 17.4 Å². The quantitative estimate of drug-likeness (QED) is 0.508. The van der Waals surface area contributed by atoms with E-state index >= 15 is 0 Å². The molecule has 0 radical (unpaired) electrons. The van der Waals surface area contributed by atoms with Gasteiger partial charge >= 0.3 is 0 Å². The average molecular weight is 187 g/mol. The van der Waals surface area contributed by atoms with Gasteiger partial charge in [0.25, 0.3) is 0 Å². The van der Waals surface area contributed by atoms with Crippen LogP contribution in [-0.2, 0) is 4.79 Å².